The molecule has 2 heterocycles. The Balaban J connectivity index is 1.46. The number of aromatic amines is 1. The van der Waals surface area contributed by atoms with E-state index in [1.807, 2.05) is 6.07 Å². The Morgan fingerprint density at radius 2 is 1.85 bits per heavy atom. The lowest BCUT2D eigenvalue weighted by atomic mass is 10.1. The molecule has 0 spiro atoms. The molecule has 0 fully saturated rings. The number of hydrogen-bond donors (Lipinski definition) is 3. The van der Waals surface area contributed by atoms with Crippen molar-refractivity contribution in [2.75, 3.05) is 31.2 Å². The van der Waals surface area contributed by atoms with Gasteiger partial charge in [0, 0.05) is 31.1 Å². The molecule has 0 saturated heterocycles. The molecule has 2 atom stereocenters. The number of aromatic nitrogens is 3. The van der Waals surface area contributed by atoms with Crippen LogP contribution in [0.5, 0.6) is 0 Å². The number of fused-ring (bicyclic) bond motifs is 1. The maximum Gasteiger partial charge on any atom is 0.143 e. The number of H-pyrrole nitrogens is 1. The Labute approximate surface area is 204 Å². The van der Waals surface area contributed by atoms with Gasteiger partial charge in [-0.15, -0.1) is 9.24 Å². The highest BCUT2D eigenvalue weighted by atomic mass is 31.0. The third-order valence-corrected chi connectivity index (χ3v) is 6.60. The van der Waals surface area contributed by atoms with Crippen LogP contribution in [0.2, 0.25) is 0 Å². The zero-order chi connectivity index (χ0) is 23.8. The SMILES string of the molecule is CCNCCCN(CP)Cc1ccc(-c2cc3c(N[C@H](C)c4ccccc4)ncnc3[nH]2)cc1. The van der Waals surface area contributed by atoms with Gasteiger partial charge in [-0.3, -0.25) is 4.90 Å². The van der Waals surface area contributed by atoms with Crippen LogP contribution >= 0.6 is 9.24 Å². The minimum Gasteiger partial charge on any atom is -0.363 e. The molecule has 4 aromatic rings. The molecule has 0 aliphatic rings. The number of benzene rings is 2. The number of hydrogen-bond acceptors (Lipinski definition) is 5. The van der Waals surface area contributed by atoms with Crippen molar-refractivity contribution in [3.05, 3.63) is 78.1 Å². The molecule has 2 aromatic carbocycles. The van der Waals surface area contributed by atoms with Gasteiger partial charge in [0.2, 0.25) is 0 Å². The molecule has 1 unspecified atom stereocenters. The van der Waals surface area contributed by atoms with Crippen LogP contribution in [0.4, 0.5) is 5.82 Å². The number of anilines is 1. The van der Waals surface area contributed by atoms with Crippen molar-refractivity contribution >= 4 is 26.1 Å². The third kappa shape index (κ3) is 6.20. The van der Waals surface area contributed by atoms with Gasteiger partial charge in [0.15, 0.2) is 0 Å². The smallest absolute Gasteiger partial charge is 0.143 e. The quantitative estimate of drug-likeness (QED) is 0.189. The van der Waals surface area contributed by atoms with Crippen LogP contribution in [-0.2, 0) is 6.54 Å². The molecule has 34 heavy (non-hydrogen) atoms. The molecule has 0 radical (unpaired) electrons. The normalized spacial score (nSPS) is 12.4. The highest BCUT2D eigenvalue weighted by Gasteiger charge is 2.13. The van der Waals surface area contributed by atoms with Gasteiger partial charge >= 0.3 is 0 Å². The first-order chi connectivity index (χ1) is 16.7. The average Bonchev–Trinajstić information content (AvgIpc) is 3.32. The zero-order valence-corrected chi connectivity index (χ0v) is 21.2. The summed E-state index contributed by atoms with van der Waals surface area (Å²) < 4.78 is 0. The summed E-state index contributed by atoms with van der Waals surface area (Å²) in [7, 11) is 2.86. The van der Waals surface area contributed by atoms with E-state index >= 15 is 0 Å². The van der Waals surface area contributed by atoms with E-state index in [0.29, 0.717) is 0 Å². The van der Waals surface area contributed by atoms with Gasteiger partial charge in [-0.2, -0.15) is 0 Å². The van der Waals surface area contributed by atoms with Crippen LogP contribution in [0.3, 0.4) is 0 Å². The second kappa shape index (κ2) is 12.1. The lowest BCUT2D eigenvalue weighted by Gasteiger charge is -2.20. The number of nitrogens with zero attached hydrogens (tertiary/aromatic N) is 3. The summed E-state index contributed by atoms with van der Waals surface area (Å²) in [5.41, 5.74) is 5.58. The maximum absolute atomic E-state index is 4.52. The number of nitrogens with one attached hydrogen (secondary N) is 3. The van der Waals surface area contributed by atoms with Gasteiger partial charge in [-0.05, 0) is 49.2 Å². The van der Waals surface area contributed by atoms with Crippen LogP contribution in [0.15, 0.2) is 67.0 Å². The minimum atomic E-state index is 0.148. The topological polar surface area (TPSA) is 68.9 Å². The Morgan fingerprint density at radius 1 is 1.06 bits per heavy atom. The molecule has 4 rings (SSSR count). The molecular formula is C27H35N6P. The second-order valence-corrected chi connectivity index (χ2v) is 8.95. The molecule has 178 valence electrons. The van der Waals surface area contributed by atoms with Crippen molar-refractivity contribution in [3.8, 4) is 11.3 Å². The van der Waals surface area contributed by atoms with Crippen LogP contribution in [-0.4, -0.2) is 45.8 Å². The molecule has 0 amide bonds. The molecule has 2 aromatic heterocycles. The van der Waals surface area contributed by atoms with Crippen molar-refractivity contribution in [2.24, 2.45) is 0 Å². The summed E-state index contributed by atoms with van der Waals surface area (Å²) in [6, 6.07) is 21.5. The van der Waals surface area contributed by atoms with Crippen LogP contribution in [0.1, 0.15) is 37.4 Å². The second-order valence-electron chi connectivity index (χ2n) is 8.58. The highest BCUT2D eigenvalue weighted by Crippen LogP contribution is 2.29. The first-order valence-electron chi connectivity index (χ1n) is 12.1. The van der Waals surface area contributed by atoms with E-state index in [4.69, 9.17) is 0 Å². The van der Waals surface area contributed by atoms with E-state index in [-0.39, 0.29) is 6.04 Å². The van der Waals surface area contributed by atoms with Gasteiger partial charge in [0.1, 0.15) is 17.8 Å². The highest BCUT2D eigenvalue weighted by molar-refractivity contribution is 7.16. The first kappa shape index (κ1) is 24.3. The van der Waals surface area contributed by atoms with Gasteiger partial charge in [-0.1, -0.05) is 61.5 Å². The monoisotopic (exact) mass is 474 g/mol. The third-order valence-electron chi connectivity index (χ3n) is 6.09. The van der Waals surface area contributed by atoms with Gasteiger partial charge in [-0.25, -0.2) is 9.97 Å². The summed E-state index contributed by atoms with van der Waals surface area (Å²) >= 11 is 0. The predicted molar refractivity (Wildman–Crippen MR) is 146 cm³/mol. The maximum atomic E-state index is 4.52. The molecule has 6 nitrogen and oxygen atoms in total. The summed E-state index contributed by atoms with van der Waals surface area (Å²) in [6.07, 6.45) is 3.75. The van der Waals surface area contributed by atoms with E-state index in [0.717, 1.165) is 67.0 Å². The predicted octanol–water partition coefficient (Wildman–Crippen LogP) is 5.43. The number of rotatable bonds is 12. The Hall–Kier alpha value is -2.79. The van der Waals surface area contributed by atoms with Crippen molar-refractivity contribution in [2.45, 2.75) is 32.9 Å². The molecule has 7 heteroatoms. The standard InChI is InChI=1S/C27H35N6P/c1-3-28-14-7-15-33(19-34)17-21-10-12-23(13-11-21)25-16-24-26(29-18-30-27(24)32-25)31-20(2)22-8-5-4-6-9-22/h4-6,8-13,16,18,20,28H,3,7,14-15,17,19,34H2,1-2H3,(H2,29,30,31,32)/t20-/m1/s1. The fourth-order valence-electron chi connectivity index (χ4n) is 4.13. The lowest BCUT2D eigenvalue weighted by molar-refractivity contribution is 0.307. The Morgan fingerprint density at radius 3 is 2.59 bits per heavy atom. The first-order valence-corrected chi connectivity index (χ1v) is 12.9. The lowest BCUT2D eigenvalue weighted by Crippen LogP contribution is -2.26. The van der Waals surface area contributed by atoms with Crippen molar-refractivity contribution < 1.29 is 0 Å². The Bertz CT molecular complexity index is 1160. The summed E-state index contributed by atoms with van der Waals surface area (Å²) in [5.74, 6) is 0.842. The van der Waals surface area contributed by atoms with E-state index in [2.05, 4.69) is 108 Å². The average molecular weight is 475 g/mol. The van der Waals surface area contributed by atoms with Crippen molar-refractivity contribution in [1.82, 2.24) is 25.2 Å². The molecule has 3 N–H and O–H groups in total. The molecule has 0 bridgehead atoms. The molecular weight excluding hydrogens is 439 g/mol. The van der Waals surface area contributed by atoms with Crippen LogP contribution in [0, 0.1) is 0 Å². The van der Waals surface area contributed by atoms with Crippen LogP contribution in [0.25, 0.3) is 22.3 Å². The molecule has 0 aliphatic heterocycles. The molecule has 0 aliphatic carbocycles. The van der Waals surface area contributed by atoms with Gasteiger partial charge < -0.3 is 15.6 Å². The summed E-state index contributed by atoms with van der Waals surface area (Å²) in [4.78, 5) is 14.9. The largest absolute Gasteiger partial charge is 0.363 e. The summed E-state index contributed by atoms with van der Waals surface area (Å²) in [6.45, 7) is 8.45. The van der Waals surface area contributed by atoms with Gasteiger partial charge in [0.05, 0.1) is 5.39 Å². The van der Waals surface area contributed by atoms with E-state index in [1.165, 1.54) is 11.1 Å². The van der Waals surface area contributed by atoms with Crippen molar-refractivity contribution in [1.29, 1.82) is 0 Å². The van der Waals surface area contributed by atoms with E-state index < -0.39 is 0 Å². The van der Waals surface area contributed by atoms with Crippen molar-refractivity contribution in [3.63, 3.8) is 0 Å². The fourth-order valence-corrected chi connectivity index (χ4v) is 4.44. The van der Waals surface area contributed by atoms with Crippen LogP contribution < -0.4 is 10.6 Å². The summed E-state index contributed by atoms with van der Waals surface area (Å²) in [5, 5.41) is 7.94. The van der Waals surface area contributed by atoms with E-state index in [1.54, 1.807) is 6.33 Å². The Kier molecular flexibility index (Phi) is 8.64. The van der Waals surface area contributed by atoms with E-state index in [9.17, 15) is 0 Å². The molecule has 0 saturated carbocycles. The minimum absolute atomic E-state index is 0.148. The fraction of sp³-hybridized carbons (Fsp3) is 0.333. The zero-order valence-electron chi connectivity index (χ0n) is 20.1. The van der Waals surface area contributed by atoms with Gasteiger partial charge in [0.25, 0.3) is 0 Å².